The Labute approximate surface area is 167 Å². The van der Waals surface area contributed by atoms with Crippen molar-refractivity contribution in [1.82, 2.24) is 9.78 Å². The number of carbonyl (C=O) groups is 1. The molecule has 5 rings (SSSR count). The molecule has 0 saturated heterocycles. The summed E-state index contributed by atoms with van der Waals surface area (Å²) in [5.74, 6) is -0.182. The number of fused-ring (bicyclic) bond motifs is 2. The van der Waals surface area contributed by atoms with Gasteiger partial charge in [0, 0.05) is 17.6 Å². The number of anilines is 1. The molecule has 0 spiro atoms. The van der Waals surface area contributed by atoms with Crippen LogP contribution < -0.4 is 10.5 Å². The second-order valence-corrected chi connectivity index (χ2v) is 7.14. The van der Waals surface area contributed by atoms with E-state index in [1.807, 2.05) is 60.7 Å². The van der Waals surface area contributed by atoms with E-state index < -0.39 is 0 Å². The lowest BCUT2D eigenvalue weighted by Crippen LogP contribution is -2.37. The molecule has 0 aliphatic carbocycles. The highest BCUT2D eigenvalue weighted by atomic mass is 16.2. The molecule has 1 aromatic heterocycles. The minimum Gasteiger partial charge on any atom is -0.307 e. The second-order valence-electron chi connectivity index (χ2n) is 7.14. The first-order valence-electron chi connectivity index (χ1n) is 9.71. The van der Waals surface area contributed by atoms with Crippen molar-refractivity contribution >= 4 is 22.4 Å². The van der Waals surface area contributed by atoms with Gasteiger partial charge in [-0.25, -0.2) is 0 Å². The van der Waals surface area contributed by atoms with Crippen LogP contribution in [0.1, 0.15) is 22.5 Å². The van der Waals surface area contributed by atoms with Gasteiger partial charge >= 0.3 is 0 Å². The van der Waals surface area contributed by atoms with E-state index >= 15 is 0 Å². The third-order valence-electron chi connectivity index (χ3n) is 5.36. The molecule has 0 fully saturated rings. The Hall–Kier alpha value is -3.73. The van der Waals surface area contributed by atoms with Gasteiger partial charge < -0.3 is 4.90 Å². The Balaban J connectivity index is 1.72. The van der Waals surface area contributed by atoms with Gasteiger partial charge in [-0.3, -0.25) is 9.59 Å². The summed E-state index contributed by atoms with van der Waals surface area (Å²) in [7, 11) is 0. The molecule has 1 amide bonds. The molecular formula is C24H19N3O2. The largest absolute Gasteiger partial charge is 0.307 e. The highest BCUT2D eigenvalue weighted by molar-refractivity contribution is 6.12. The van der Waals surface area contributed by atoms with Crippen LogP contribution >= 0.6 is 0 Å². The van der Waals surface area contributed by atoms with E-state index in [2.05, 4.69) is 11.2 Å². The predicted molar refractivity (Wildman–Crippen MR) is 114 cm³/mol. The highest BCUT2D eigenvalue weighted by Crippen LogP contribution is 2.29. The number of amides is 1. The molecule has 3 aromatic carbocycles. The quantitative estimate of drug-likeness (QED) is 0.528. The summed E-state index contributed by atoms with van der Waals surface area (Å²) in [5, 5.41) is 5.60. The van der Waals surface area contributed by atoms with Crippen molar-refractivity contribution in [2.45, 2.75) is 12.8 Å². The normalized spacial score (nSPS) is 13.3. The summed E-state index contributed by atoms with van der Waals surface area (Å²) < 4.78 is 1.32. The molecule has 5 nitrogen and oxygen atoms in total. The van der Waals surface area contributed by atoms with E-state index in [0.29, 0.717) is 28.7 Å². The monoisotopic (exact) mass is 381 g/mol. The number of nitrogens with zero attached hydrogens (tertiary/aromatic N) is 3. The molecule has 0 atom stereocenters. The minimum absolute atomic E-state index is 0.182. The first-order chi connectivity index (χ1) is 14.2. The number of aromatic nitrogens is 2. The lowest BCUT2D eigenvalue weighted by atomic mass is 10.0. The smallest absolute Gasteiger partial charge is 0.279 e. The van der Waals surface area contributed by atoms with Gasteiger partial charge in [0.1, 0.15) is 0 Å². The topological polar surface area (TPSA) is 55.2 Å². The number of aryl methyl sites for hydroxylation is 1. The zero-order valence-corrected chi connectivity index (χ0v) is 15.8. The molecule has 0 saturated carbocycles. The summed E-state index contributed by atoms with van der Waals surface area (Å²) in [6.45, 7) is 0.635. The number of rotatable bonds is 2. The molecule has 1 aliphatic rings. The molecule has 0 N–H and O–H groups in total. The Morgan fingerprint density at radius 3 is 2.34 bits per heavy atom. The van der Waals surface area contributed by atoms with Gasteiger partial charge in [-0.2, -0.15) is 9.78 Å². The third kappa shape index (κ3) is 2.91. The van der Waals surface area contributed by atoms with Gasteiger partial charge in [0.15, 0.2) is 5.69 Å². The van der Waals surface area contributed by atoms with Gasteiger partial charge in [-0.1, -0.05) is 54.6 Å². The highest BCUT2D eigenvalue weighted by Gasteiger charge is 2.27. The summed E-state index contributed by atoms with van der Waals surface area (Å²) >= 11 is 0. The number of para-hydroxylation sites is 2. The van der Waals surface area contributed by atoms with Gasteiger partial charge in [0.05, 0.1) is 11.1 Å². The molecule has 142 valence electrons. The van der Waals surface area contributed by atoms with Crippen molar-refractivity contribution < 1.29 is 4.79 Å². The van der Waals surface area contributed by atoms with Crippen molar-refractivity contribution in [2.75, 3.05) is 11.4 Å². The van der Waals surface area contributed by atoms with Crippen LogP contribution in [0, 0.1) is 0 Å². The van der Waals surface area contributed by atoms with E-state index in [1.54, 1.807) is 17.0 Å². The van der Waals surface area contributed by atoms with Crippen LogP contribution in [-0.4, -0.2) is 22.2 Å². The maximum Gasteiger partial charge on any atom is 0.279 e. The van der Waals surface area contributed by atoms with Crippen LogP contribution in [0.5, 0.6) is 0 Å². The SMILES string of the molecule is O=C(c1nn(-c2ccccc2)c(=O)c2ccccc12)N1CCCc2ccccc21. The second kappa shape index (κ2) is 7.02. The van der Waals surface area contributed by atoms with Crippen molar-refractivity contribution in [3.63, 3.8) is 0 Å². The van der Waals surface area contributed by atoms with Gasteiger partial charge in [0.25, 0.3) is 11.5 Å². The van der Waals surface area contributed by atoms with Crippen molar-refractivity contribution in [1.29, 1.82) is 0 Å². The fourth-order valence-corrected chi connectivity index (χ4v) is 3.96. The first-order valence-corrected chi connectivity index (χ1v) is 9.71. The van der Waals surface area contributed by atoms with Crippen LogP contribution in [0.15, 0.2) is 83.7 Å². The lowest BCUT2D eigenvalue weighted by molar-refractivity contribution is 0.0980. The molecule has 5 heteroatoms. The Bertz CT molecular complexity index is 1280. The minimum atomic E-state index is -0.234. The fraction of sp³-hybridized carbons (Fsp3) is 0.125. The number of benzene rings is 3. The van der Waals surface area contributed by atoms with Gasteiger partial charge in [-0.05, 0) is 42.7 Å². The van der Waals surface area contributed by atoms with E-state index in [4.69, 9.17) is 0 Å². The molecule has 4 aromatic rings. The van der Waals surface area contributed by atoms with E-state index in [0.717, 1.165) is 24.1 Å². The Morgan fingerprint density at radius 2 is 1.52 bits per heavy atom. The lowest BCUT2D eigenvalue weighted by Gasteiger charge is -2.29. The van der Waals surface area contributed by atoms with Crippen molar-refractivity contribution in [3.05, 3.63) is 100 Å². The zero-order chi connectivity index (χ0) is 19.8. The standard InChI is InChI=1S/C24H19N3O2/c28-23-20-14-6-5-13-19(20)22(25-27(23)18-11-2-1-3-12-18)24(29)26-16-8-10-17-9-4-7-15-21(17)26/h1-7,9,11-15H,8,10,16H2. The molecule has 0 radical (unpaired) electrons. The Kier molecular flexibility index (Phi) is 4.21. The first kappa shape index (κ1) is 17.4. The molecule has 0 bridgehead atoms. The van der Waals surface area contributed by atoms with E-state index in [-0.39, 0.29) is 11.5 Å². The maximum atomic E-state index is 13.6. The van der Waals surface area contributed by atoms with Crippen LogP contribution in [0.25, 0.3) is 16.5 Å². The average molecular weight is 381 g/mol. The van der Waals surface area contributed by atoms with Crippen LogP contribution in [0.3, 0.4) is 0 Å². The van der Waals surface area contributed by atoms with Crippen LogP contribution in [0.4, 0.5) is 5.69 Å². The van der Waals surface area contributed by atoms with Crippen molar-refractivity contribution in [3.8, 4) is 5.69 Å². The molecule has 1 aliphatic heterocycles. The Morgan fingerprint density at radius 1 is 0.828 bits per heavy atom. The summed E-state index contributed by atoms with van der Waals surface area (Å²) in [6.07, 6.45) is 1.86. The molecule has 0 unspecified atom stereocenters. The number of hydrogen-bond acceptors (Lipinski definition) is 3. The average Bonchev–Trinajstić information content (AvgIpc) is 2.79. The molecule has 2 heterocycles. The molecular weight excluding hydrogens is 362 g/mol. The summed E-state index contributed by atoms with van der Waals surface area (Å²) in [6, 6.07) is 24.4. The van der Waals surface area contributed by atoms with Crippen molar-refractivity contribution in [2.24, 2.45) is 0 Å². The van der Waals surface area contributed by atoms with Gasteiger partial charge in [-0.15, -0.1) is 0 Å². The summed E-state index contributed by atoms with van der Waals surface area (Å²) in [4.78, 5) is 28.5. The zero-order valence-electron chi connectivity index (χ0n) is 15.8. The van der Waals surface area contributed by atoms with E-state index in [9.17, 15) is 9.59 Å². The number of carbonyl (C=O) groups excluding carboxylic acids is 1. The van der Waals surface area contributed by atoms with Crippen LogP contribution in [-0.2, 0) is 6.42 Å². The number of hydrogen-bond donors (Lipinski definition) is 0. The maximum absolute atomic E-state index is 13.6. The third-order valence-corrected chi connectivity index (χ3v) is 5.36. The van der Waals surface area contributed by atoms with Crippen LogP contribution in [0.2, 0.25) is 0 Å². The van der Waals surface area contributed by atoms with E-state index in [1.165, 1.54) is 4.68 Å². The molecule has 29 heavy (non-hydrogen) atoms. The predicted octanol–water partition coefficient (Wildman–Crippen LogP) is 3.98. The summed E-state index contributed by atoms with van der Waals surface area (Å²) in [5.41, 5.74) is 2.78. The van der Waals surface area contributed by atoms with Gasteiger partial charge in [0.2, 0.25) is 0 Å². The fourth-order valence-electron chi connectivity index (χ4n) is 3.96.